The second-order valence-electron chi connectivity index (χ2n) is 9.09. The highest BCUT2D eigenvalue weighted by Crippen LogP contribution is 2.39. The Labute approximate surface area is 161 Å². The summed E-state index contributed by atoms with van der Waals surface area (Å²) in [6.45, 7) is 9.86. The van der Waals surface area contributed by atoms with E-state index < -0.39 is 24.0 Å². The highest BCUT2D eigenvalue weighted by Gasteiger charge is 2.53. The fourth-order valence-electron chi connectivity index (χ4n) is 3.97. The molecule has 0 amide bonds. The van der Waals surface area contributed by atoms with Crippen LogP contribution in [0.25, 0.3) is 6.08 Å². The molecular formula is C19H30BFN4O2. The predicted octanol–water partition coefficient (Wildman–Crippen LogP) is 3.41. The molecule has 2 aliphatic heterocycles. The molecule has 1 aromatic heterocycles. The first kappa shape index (κ1) is 19.1. The molecule has 0 aromatic carbocycles. The van der Waals surface area contributed by atoms with Crippen molar-refractivity contribution in [2.24, 2.45) is 0 Å². The summed E-state index contributed by atoms with van der Waals surface area (Å²) in [7, 11) is -0.995. The van der Waals surface area contributed by atoms with E-state index in [1.165, 1.54) is 25.3 Å². The third kappa shape index (κ3) is 3.71. The molecule has 148 valence electrons. The number of hydrogen-bond donors (Lipinski definition) is 0. The molecule has 3 heterocycles. The van der Waals surface area contributed by atoms with Gasteiger partial charge in [0.25, 0.3) is 0 Å². The van der Waals surface area contributed by atoms with E-state index in [0.717, 1.165) is 32.0 Å². The van der Waals surface area contributed by atoms with E-state index in [-0.39, 0.29) is 0 Å². The smallest absolute Gasteiger partial charge is 0.398 e. The summed E-state index contributed by atoms with van der Waals surface area (Å²) in [5.74, 6) is 0. The van der Waals surface area contributed by atoms with Crippen LogP contribution in [0.3, 0.4) is 0 Å². The average Bonchev–Trinajstić information content (AvgIpc) is 3.09. The Morgan fingerprint density at radius 2 is 1.74 bits per heavy atom. The van der Waals surface area contributed by atoms with Crippen LogP contribution >= 0.6 is 0 Å². The van der Waals surface area contributed by atoms with Gasteiger partial charge in [-0.2, -0.15) is 0 Å². The first-order valence-corrected chi connectivity index (χ1v) is 10.1. The van der Waals surface area contributed by atoms with E-state index in [2.05, 4.69) is 15.2 Å². The van der Waals surface area contributed by atoms with Crippen molar-refractivity contribution in [2.75, 3.05) is 13.1 Å². The van der Waals surface area contributed by atoms with Crippen molar-refractivity contribution in [3.63, 3.8) is 0 Å². The Morgan fingerprint density at radius 1 is 1.11 bits per heavy atom. The molecule has 0 N–H and O–H groups in total. The number of aromatic nitrogens is 3. The lowest BCUT2D eigenvalue weighted by Gasteiger charge is -2.41. The molecule has 0 spiro atoms. The van der Waals surface area contributed by atoms with Crippen molar-refractivity contribution in [3.05, 3.63) is 17.6 Å². The first-order chi connectivity index (χ1) is 12.7. The van der Waals surface area contributed by atoms with Gasteiger partial charge in [-0.3, -0.25) is 0 Å². The summed E-state index contributed by atoms with van der Waals surface area (Å²) in [6, 6.07) is 1.14. The van der Waals surface area contributed by atoms with Gasteiger partial charge in [0.2, 0.25) is 0 Å². The molecule has 6 nitrogen and oxygen atoms in total. The Bertz CT molecular complexity index is 692. The van der Waals surface area contributed by atoms with Crippen molar-refractivity contribution < 1.29 is 13.7 Å². The minimum absolute atomic E-state index is 0.343. The summed E-state index contributed by atoms with van der Waals surface area (Å²) >= 11 is 0. The lowest BCUT2D eigenvalue weighted by molar-refractivity contribution is 0.00578. The van der Waals surface area contributed by atoms with Crippen molar-refractivity contribution in [3.8, 4) is 0 Å². The molecule has 4 rings (SSSR count). The zero-order chi connectivity index (χ0) is 19.2. The van der Waals surface area contributed by atoms with Crippen LogP contribution < -0.4 is 0 Å². The van der Waals surface area contributed by atoms with Gasteiger partial charge in [0.15, 0.2) is 0 Å². The minimum Gasteiger partial charge on any atom is -0.398 e. The molecule has 0 atom stereocenters. The van der Waals surface area contributed by atoms with Crippen LogP contribution in [-0.4, -0.2) is 57.3 Å². The number of halogens is 1. The van der Waals surface area contributed by atoms with Gasteiger partial charge in [0.1, 0.15) is 11.4 Å². The number of rotatable bonds is 4. The molecule has 0 bridgehead atoms. The molecule has 3 fully saturated rings. The molecule has 1 saturated carbocycles. The van der Waals surface area contributed by atoms with Crippen LogP contribution in [0.2, 0.25) is 0 Å². The van der Waals surface area contributed by atoms with Gasteiger partial charge in [-0.15, -0.1) is 5.10 Å². The van der Waals surface area contributed by atoms with Gasteiger partial charge in [-0.05, 0) is 59.5 Å². The molecule has 2 saturated heterocycles. The van der Waals surface area contributed by atoms with E-state index in [9.17, 15) is 4.39 Å². The van der Waals surface area contributed by atoms with Crippen LogP contribution in [0, 0.1) is 0 Å². The number of nitrogens with zero attached hydrogens (tertiary/aromatic N) is 4. The molecular weight excluding hydrogens is 346 g/mol. The molecule has 0 radical (unpaired) electrons. The first-order valence-electron chi connectivity index (χ1n) is 10.1. The molecule has 1 aliphatic carbocycles. The van der Waals surface area contributed by atoms with Gasteiger partial charge < -0.3 is 14.2 Å². The Kier molecular flexibility index (Phi) is 4.93. The second-order valence-corrected chi connectivity index (χ2v) is 9.09. The Balaban J connectivity index is 1.37. The summed E-state index contributed by atoms with van der Waals surface area (Å²) in [5, 5.41) is 8.36. The second kappa shape index (κ2) is 6.97. The summed E-state index contributed by atoms with van der Waals surface area (Å²) in [5.41, 5.74) is -1.09. The quantitative estimate of drug-likeness (QED) is 0.754. The van der Waals surface area contributed by atoms with Crippen molar-refractivity contribution in [1.82, 2.24) is 19.9 Å². The number of likely N-dealkylation sites (tertiary alicyclic amines) is 1. The third-order valence-corrected chi connectivity index (χ3v) is 6.76. The van der Waals surface area contributed by atoms with Crippen molar-refractivity contribution in [1.29, 1.82) is 0 Å². The lowest BCUT2D eigenvalue weighted by atomic mass is 9.87. The van der Waals surface area contributed by atoms with Crippen LogP contribution in [0.15, 0.2) is 11.9 Å². The van der Waals surface area contributed by atoms with Gasteiger partial charge >= 0.3 is 7.12 Å². The Hall–Kier alpha value is -1.25. The lowest BCUT2D eigenvalue weighted by Crippen LogP contribution is -2.45. The monoisotopic (exact) mass is 376 g/mol. The van der Waals surface area contributed by atoms with E-state index in [1.807, 2.05) is 38.6 Å². The standard InChI is InChI=1S/C19H30BFN4O2/c1-18(2)19(3,4)27-20(26-18)17(21)12-14-13-25(23-22-14)16-8-10-24(11-9-16)15-6-5-7-15/h12-13,15-16H,5-11H2,1-4H3. The highest BCUT2D eigenvalue weighted by atomic mass is 19.1. The third-order valence-electron chi connectivity index (χ3n) is 6.76. The minimum atomic E-state index is -0.995. The molecule has 8 heteroatoms. The summed E-state index contributed by atoms with van der Waals surface area (Å²) in [4.78, 5) is 2.61. The predicted molar refractivity (Wildman–Crippen MR) is 103 cm³/mol. The van der Waals surface area contributed by atoms with Gasteiger partial charge in [-0.25, -0.2) is 9.07 Å². The average molecular weight is 376 g/mol. The maximum Gasteiger partial charge on any atom is 0.525 e. The Morgan fingerprint density at radius 3 is 2.30 bits per heavy atom. The van der Waals surface area contributed by atoms with Crippen LogP contribution in [0.5, 0.6) is 0 Å². The van der Waals surface area contributed by atoms with Crippen molar-refractivity contribution >= 4 is 13.2 Å². The maximum absolute atomic E-state index is 14.6. The maximum atomic E-state index is 14.6. The van der Waals surface area contributed by atoms with Gasteiger partial charge in [-0.1, -0.05) is 11.6 Å². The topological polar surface area (TPSA) is 52.4 Å². The largest absolute Gasteiger partial charge is 0.525 e. The zero-order valence-electron chi connectivity index (χ0n) is 16.8. The normalized spacial score (nSPS) is 27.1. The van der Waals surface area contributed by atoms with E-state index in [4.69, 9.17) is 9.31 Å². The fraction of sp³-hybridized carbons (Fsp3) is 0.789. The van der Waals surface area contributed by atoms with Crippen molar-refractivity contribution in [2.45, 2.75) is 83.1 Å². The number of hydrogen-bond acceptors (Lipinski definition) is 5. The highest BCUT2D eigenvalue weighted by molar-refractivity contribution is 6.54. The summed E-state index contributed by atoms with van der Waals surface area (Å²) in [6.07, 6.45) is 9.41. The van der Waals surface area contributed by atoms with Crippen LogP contribution in [0.1, 0.15) is 71.5 Å². The molecule has 0 unspecified atom stereocenters. The van der Waals surface area contributed by atoms with Gasteiger partial charge in [0, 0.05) is 19.1 Å². The molecule has 3 aliphatic rings. The SMILES string of the molecule is CC1(C)OB(C(F)=Cc2cn(C3CCN(C4CCC4)CC3)nn2)OC1(C)C. The molecule has 27 heavy (non-hydrogen) atoms. The zero-order valence-corrected chi connectivity index (χ0v) is 16.8. The fourth-order valence-corrected chi connectivity index (χ4v) is 3.97. The van der Waals surface area contributed by atoms with Crippen LogP contribution in [-0.2, 0) is 9.31 Å². The number of piperidine rings is 1. The van der Waals surface area contributed by atoms with Crippen LogP contribution in [0.4, 0.5) is 4.39 Å². The van der Waals surface area contributed by atoms with E-state index >= 15 is 0 Å². The van der Waals surface area contributed by atoms with E-state index in [1.54, 1.807) is 0 Å². The van der Waals surface area contributed by atoms with E-state index in [0.29, 0.717) is 11.7 Å². The summed E-state index contributed by atoms with van der Waals surface area (Å²) < 4.78 is 28.0. The van der Waals surface area contributed by atoms with Gasteiger partial charge in [0.05, 0.1) is 23.4 Å². The molecule has 1 aromatic rings.